The maximum absolute atomic E-state index is 6.51. The van der Waals surface area contributed by atoms with Crippen molar-refractivity contribution in [1.29, 1.82) is 0 Å². The largest absolute Gasteiger partial charge is 0.456 e. The van der Waals surface area contributed by atoms with Crippen molar-refractivity contribution in [3.05, 3.63) is 164 Å². The van der Waals surface area contributed by atoms with Gasteiger partial charge in [0.2, 0.25) is 0 Å². The van der Waals surface area contributed by atoms with E-state index in [2.05, 4.69) is 91.0 Å². The van der Waals surface area contributed by atoms with E-state index >= 15 is 0 Å². The standard InChI is InChI=1S/C45H27N3OS/c1-3-11-30(12-4-1)43-46-44(31-13-5-2-6-14-31)48-45(47-43)32-25-26-35-38(27-32)49-37-18-9-16-33(41(35)37)28-21-23-29(24-22-28)34-17-10-20-40-42(34)36-15-7-8-19-39(36)50-40/h1-27H. The molecule has 5 heteroatoms. The topological polar surface area (TPSA) is 51.8 Å². The van der Waals surface area contributed by atoms with E-state index in [9.17, 15) is 0 Å². The Kier molecular flexibility index (Phi) is 6.64. The highest BCUT2D eigenvalue weighted by atomic mass is 32.1. The molecule has 4 nitrogen and oxygen atoms in total. The van der Waals surface area contributed by atoms with Gasteiger partial charge in [0.15, 0.2) is 17.5 Å². The van der Waals surface area contributed by atoms with Crippen LogP contribution in [0.15, 0.2) is 168 Å². The van der Waals surface area contributed by atoms with Crippen LogP contribution in [0.25, 0.3) is 98.5 Å². The first-order valence-electron chi connectivity index (χ1n) is 16.6. The first-order chi connectivity index (χ1) is 24.8. The molecule has 10 rings (SSSR count). The summed E-state index contributed by atoms with van der Waals surface area (Å²) >= 11 is 1.85. The van der Waals surface area contributed by atoms with E-state index in [0.717, 1.165) is 49.8 Å². The fourth-order valence-corrected chi connectivity index (χ4v) is 8.12. The molecule has 0 amide bonds. The molecule has 0 bridgehead atoms. The summed E-state index contributed by atoms with van der Waals surface area (Å²) in [7, 11) is 0. The fourth-order valence-electron chi connectivity index (χ4n) is 6.99. The molecule has 0 aliphatic carbocycles. The second-order valence-electron chi connectivity index (χ2n) is 12.4. The Bertz CT molecular complexity index is 2800. The fraction of sp³-hybridized carbons (Fsp3) is 0. The summed E-state index contributed by atoms with van der Waals surface area (Å²) in [4.78, 5) is 14.7. The van der Waals surface area contributed by atoms with Crippen molar-refractivity contribution in [3.63, 3.8) is 0 Å². The summed E-state index contributed by atoms with van der Waals surface area (Å²) in [5.74, 6) is 1.87. The number of fused-ring (bicyclic) bond motifs is 6. The molecule has 234 valence electrons. The molecular formula is C45H27N3OS. The predicted octanol–water partition coefficient (Wildman–Crippen LogP) is 12.5. The number of aromatic nitrogens is 3. The quantitative estimate of drug-likeness (QED) is 0.185. The van der Waals surface area contributed by atoms with Gasteiger partial charge in [-0.1, -0.05) is 133 Å². The highest BCUT2D eigenvalue weighted by Crippen LogP contribution is 2.42. The molecule has 0 N–H and O–H groups in total. The SMILES string of the molecule is c1ccc(-c2nc(-c3ccccc3)nc(-c3ccc4c(c3)oc3cccc(-c5ccc(-c6cccc7sc8ccccc8c67)cc5)c34)n2)cc1. The summed E-state index contributed by atoms with van der Waals surface area (Å²) in [6.07, 6.45) is 0. The van der Waals surface area contributed by atoms with E-state index in [1.807, 2.05) is 84.1 Å². The van der Waals surface area contributed by atoms with Crippen LogP contribution in [0.3, 0.4) is 0 Å². The lowest BCUT2D eigenvalue weighted by molar-refractivity contribution is 0.669. The maximum atomic E-state index is 6.51. The van der Waals surface area contributed by atoms with Crippen LogP contribution in [0, 0.1) is 0 Å². The van der Waals surface area contributed by atoms with Gasteiger partial charge in [-0.15, -0.1) is 11.3 Å². The lowest BCUT2D eigenvalue weighted by Gasteiger charge is -2.09. The summed E-state index contributed by atoms with van der Waals surface area (Å²) in [5.41, 5.74) is 9.13. The number of furan rings is 1. The van der Waals surface area contributed by atoms with Gasteiger partial charge in [0.1, 0.15) is 11.2 Å². The van der Waals surface area contributed by atoms with Crippen LogP contribution in [-0.4, -0.2) is 15.0 Å². The molecule has 3 aromatic heterocycles. The van der Waals surface area contributed by atoms with Crippen molar-refractivity contribution >= 4 is 53.4 Å². The molecule has 0 atom stereocenters. The highest BCUT2D eigenvalue weighted by molar-refractivity contribution is 7.25. The molecule has 50 heavy (non-hydrogen) atoms. The Labute approximate surface area is 292 Å². The van der Waals surface area contributed by atoms with Crippen molar-refractivity contribution in [2.24, 2.45) is 0 Å². The van der Waals surface area contributed by atoms with Gasteiger partial charge in [-0.05, 0) is 52.6 Å². The minimum Gasteiger partial charge on any atom is -0.456 e. The first kappa shape index (κ1) is 28.6. The minimum atomic E-state index is 0.601. The van der Waals surface area contributed by atoms with E-state index in [1.165, 1.54) is 31.3 Å². The molecule has 0 radical (unpaired) electrons. The Morgan fingerprint density at radius 2 is 0.900 bits per heavy atom. The van der Waals surface area contributed by atoms with Crippen molar-refractivity contribution < 1.29 is 4.42 Å². The van der Waals surface area contributed by atoms with Crippen LogP contribution in [0.4, 0.5) is 0 Å². The molecule has 0 saturated heterocycles. The Morgan fingerprint density at radius 1 is 0.360 bits per heavy atom. The average Bonchev–Trinajstić information content (AvgIpc) is 3.77. The number of hydrogen-bond donors (Lipinski definition) is 0. The maximum Gasteiger partial charge on any atom is 0.164 e. The second kappa shape index (κ2) is 11.6. The smallest absolute Gasteiger partial charge is 0.164 e. The molecule has 3 heterocycles. The molecule has 0 saturated carbocycles. The summed E-state index contributed by atoms with van der Waals surface area (Å²) in [6.45, 7) is 0. The van der Waals surface area contributed by atoms with Gasteiger partial charge in [-0.3, -0.25) is 0 Å². The van der Waals surface area contributed by atoms with Gasteiger partial charge in [0, 0.05) is 47.6 Å². The average molecular weight is 658 g/mol. The Balaban J connectivity index is 1.06. The highest BCUT2D eigenvalue weighted by Gasteiger charge is 2.17. The van der Waals surface area contributed by atoms with Gasteiger partial charge < -0.3 is 4.42 Å². The predicted molar refractivity (Wildman–Crippen MR) is 207 cm³/mol. The molecule has 0 aliphatic heterocycles. The second-order valence-corrected chi connectivity index (χ2v) is 13.5. The van der Waals surface area contributed by atoms with Crippen LogP contribution in [0.2, 0.25) is 0 Å². The van der Waals surface area contributed by atoms with Crippen LogP contribution in [0.1, 0.15) is 0 Å². The number of thiophene rings is 1. The minimum absolute atomic E-state index is 0.601. The molecule has 0 unspecified atom stereocenters. The Morgan fingerprint density at radius 3 is 1.58 bits per heavy atom. The third-order valence-corrected chi connectivity index (χ3v) is 10.5. The third kappa shape index (κ3) is 4.79. The monoisotopic (exact) mass is 657 g/mol. The summed E-state index contributed by atoms with van der Waals surface area (Å²) in [6, 6.07) is 56.9. The summed E-state index contributed by atoms with van der Waals surface area (Å²) < 4.78 is 9.14. The van der Waals surface area contributed by atoms with Crippen molar-refractivity contribution in [2.45, 2.75) is 0 Å². The molecule has 10 aromatic rings. The van der Waals surface area contributed by atoms with Crippen LogP contribution >= 0.6 is 11.3 Å². The van der Waals surface area contributed by atoms with Crippen LogP contribution in [-0.2, 0) is 0 Å². The molecule has 0 spiro atoms. The van der Waals surface area contributed by atoms with E-state index in [1.54, 1.807) is 0 Å². The number of benzene rings is 7. The molecule has 0 aliphatic rings. The van der Waals surface area contributed by atoms with E-state index in [-0.39, 0.29) is 0 Å². The van der Waals surface area contributed by atoms with E-state index in [4.69, 9.17) is 19.4 Å². The van der Waals surface area contributed by atoms with E-state index < -0.39 is 0 Å². The molecule has 7 aromatic carbocycles. The normalized spacial score (nSPS) is 11.6. The van der Waals surface area contributed by atoms with Gasteiger partial charge in [-0.25, -0.2) is 15.0 Å². The molecular weight excluding hydrogens is 631 g/mol. The lowest BCUT2D eigenvalue weighted by Crippen LogP contribution is -2.00. The summed E-state index contributed by atoms with van der Waals surface area (Å²) in [5, 5.41) is 4.78. The lowest BCUT2D eigenvalue weighted by atomic mass is 9.95. The van der Waals surface area contributed by atoms with Crippen molar-refractivity contribution in [2.75, 3.05) is 0 Å². The third-order valence-electron chi connectivity index (χ3n) is 9.36. The number of nitrogens with zero attached hydrogens (tertiary/aromatic N) is 3. The van der Waals surface area contributed by atoms with Gasteiger partial charge in [0.05, 0.1) is 0 Å². The number of rotatable bonds is 5. The zero-order valence-electron chi connectivity index (χ0n) is 26.7. The van der Waals surface area contributed by atoms with Gasteiger partial charge in [-0.2, -0.15) is 0 Å². The van der Waals surface area contributed by atoms with Gasteiger partial charge in [0.25, 0.3) is 0 Å². The van der Waals surface area contributed by atoms with Gasteiger partial charge >= 0.3 is 0 Å². The zero-order chi connectivity index (χ0) is 33.0. The van der Waals surface area contributed by atoms with Crippen molar-refractivity contribution in [3.8, 4) is 56.4 Å². The Hall–Kier alpha value is -6.43. The first-order valence-corrected chi connectivity index (χ1v) is 17.4. The van der Waals surface area contributed by atoms with E-state index in [0.29, 0.717) is 17.5 Å². The van der Waals surface area contributed by atoms with Crippen LogP contribution in [0.5, 0.6) is 0 Å². The zero-order valence-corrected chi connectivity index (χ0v) is 27.6. The number of hydrogen-bond acceptors (Lipinski definition) is 5. The molecule has 0 fully saturated rings. The van der Waals surface area contributed by atoms with Crippen molar-refractivity contribution in [1.82, 2.24) is 15.0 Å². The van der Waals surface area contributed by atoms with Crippen LogP contribution < -0.4 is 0 Å².